The molecule has 0 spiro atoms. The van der Waals surface area contributed by atoms with E-state index in [4.69, 9.17) is 9.57 Å². The van der Waals surface area contributed by atoms with E-state index in [0.717, 1.165) is 37.0 Å². The second kappa shape index (κ2) is 13.0. The summed E-state index contributed by atoms with van der Waals surface area (Å²) in [4.78, 5) is 31.4. The number of benzene rings is 2. The highest BCUT2D eigenvalue weighted by Crippen LogP contribution is 2.33. The number of rotatable bonds is 7. The molecule has 10 heteroatoms. The van der Waals surface area contributed by atoms with Crippen molar-refractivity contribution in [1.82, 2.24) is 10.2 Å². The second-order valence-electron chi connectivity index (χ2n) is 9.21. The number of para-hydroxylation sites is 1. The van der Waals surface area contributed by atoms with Crippen LogP contribution >= 0.6 is 0 Å². The molecule has 2 aromatic carbocycles. The second-order valence-corrected chi connectivity index (χ2v) is 9.21. The smallest absolute Gasteiger partial charge is 0.410 e. The normalized spacial score (nSPS) is 18.2. The van der Waals surface area contributed by atoms with E-state index in [1.165, 1.54) is 12.1 Å². The summed E-state index contributed by atoms with van der Waals surface area (Å²) in [6, 6.07) is 13.2. The van der Waals surface area contributed by atoms with Gasteiger partial charge in [-0.2, -0.15) is 0 Å². The fourth-order valence-electron chi connectivity index (χ4n) is 4.54. The zero-order valence-electron chi connectivity index (χ0n) is 20.6. The molecule has 1 saturated heterocycles. The number of carbonyl (C=O) groups excluding carboxylic acids is 2. The Hall–Kier alpha value is -3.69. The van der Waals surface area contributed by atoms with Gasteiger partial charge in [0.25, 0.3) is 0 Å². The summed E-state index contributed by atoms with van der Waals surface area (Å²) in [6.07, 6.45) is 4.17. The lowest BCUT2D eigenvalue weighted by molar-refractivity contribution is 0.0134. The summed E-state index contributed by atoms with van der Waals surface area (Å²) in [5.74, 6) is 0.206. The van der Waals surface area contributed by atoms with E-state index >= 15 is 0 Å². The first-order valence-electron chi connectivity index (χ1n) is 12.7. The maximum atomic E-state index is 14.5. The highest BCUT2D eigenvalue weighted by Gasteiger charge is 2.26. The van der Waals surface area contributed by atoms with Crippen LogP contribution in [0.2, 0.25) is 0 Å². The molecule has 0 atom stereocenters. The molecular weight excluding hydrogens is 482 g/mol. The van der Waals surface area contributed by atoms with Gasteiger partial charge < -0.3 is 25.1 Å². The molecule has 8 nitrogen and oxygen atoms in total. The lowest BCUT2D eigenvalue weighted by Gasteiger charge is -2.30. The maximum absolute atomic E-state index is 14.5. The Kier molecular flexibility index (Phi) is 9.29. The number of nitrogens with zero attached hydrogens (tertiary/aromatic N) is 2. The van der Waals surface area contributed by atoms with E-state index in [9.17, 15) is 18.4 Å². The van der Waals surface area contributed by atoms with Crippen LogP contribution in [0.4, 0.5) is 24.1 Å². The van der Waals surface area contributed by atoms with Crippen molar-refractivity contribution in [3.8, 4) is 5.75 Å². The van der Waals surface area contributed by atoms with Gasteiger partial charge in [-0.25, -0.2) is 18.4 Å². The number of halogens is 2. The van der Waals surface area contributed by atoms with Crippen LogP contribution in [-0.2, 0) is 4.84 Å². The number of urea groups is 1. The minimum absolute atomic E-state index is 0.0396. The van der Waals surface area contributed by atoms with E-state index in [0.29, 0.717) is 31.7 Å². The average molecular weight is 515 g/mol. The average Bonchev–Trinajstić information content (AvgIpc) is 2.93. The van der Waals surface area contributed by atoms with Crippen LogP contribution in [0.15, 0.2) is 53.7 Å². The van der Waals surface area contributed by atoms with Gasteiger partial charge in [-0.1, -0.05) is 29.4 Å². The molecule has 2 fully saturated rings. The van der Waals surface area contributed by atoms with Crippen LogP contribution in [0.5, 0.6) is 5.75 Å². The van der Waals surface area contributed by atoms with Gasteiger partial charge in [0, 0.05) is 32.5 Å². The summed E-state index contributed by atoms with van der Waals surface area (Å²) in [5, 5.41) is 9.08. The number of piperidine rings is 1. The molecule has 3 amide bonds. The number of anilines is 1. The monoisotopic (exact) mass is 514 g/mol. The van der Waals surface area contributed by atoms with Gasteiger partial charge >= 0.3 is 12.1 Å². The number of oxime groups is 1. The number of hydrogen-bond acceptors (Lipinski definition) is 5. The number of ether oxygens (including phenoxy) is 1. The third-order valence-corrected chi connectivity index (χ3v) is 6.63. The molecule has 4 rings (SSSR count). The Bertz CT molecular complexity index is 1080. The van der Waals surface area contributed by atoms with Gasteiger partial charge in [0.15, 0.2) is 0 Å². The number of carbonyl (C=O) groups is 2. The molecular formula is C27H32F2N4O4. The lowest BCUT2D eigenvalue weighted by Crippen LogP contribution is -2.42. The van der Waals surface area contributed by atoms with Crippen LogP contribution < -0.4 is 15.4 Å². The van der Waals surface area contributed by atoms with Crippen molar-refractivity contribution in [2.24, 2.45) is 5.16 Å². The molecule has 2 aliphatic rings. The standard InChI is InChI=1S/C27H32F2N4O4/c28-14-15-30-26(34)31-25-11-8-20(18-24(25)29)19-6-9-21(10-7-19)32-37-23-12-16-33(17-13-23)27(35)36-22-4-2-1-3-5-22/h1-5,8,11,18-19,23H,6-7,9-10,12-17H2,(H2,30,31,34). The van der Waals surface area contributed by atoms with Crippen LogP contribution in [0, 0.1) is 5.82 Å². The minimum Gasteiger partial charge on any atom is -0.410 e. The first kappa shape index (κ1) is 26.4. The third kappa shape index (κ3) is 7.65. The van der Waals surface area contributed by atoms with Crippen molar-refractivity contribution in [2.75, 3.05) is 31.6 Å². The lowest BCUT2D eigenvalue weighted by atomic mass is 9.83. The van der Waals surface area contributed by atoms with Crippen LogP contribution in [-0.4, -0.2) is 55.1 Å². The van der Waals surface area contributed by atoms with Crippen molar-refractivity contribution in [3.63, 3.8) is 0 Å². The van der Waals surface area contributed by atoms with Gasteiger partial charge in [-0.15, -0.1) is 0 Å². The molecule has 1 saturated carbocycles. The quantitative estimate of drug-likeness (QED) is 0.470. The molecule has 0 radical (unpaired) electrons. The van der Waals surface area contributed by atoms with Gasteiger partial charge in [-0.3, -0.25) is 0 Å². The number of nitrogens with one attached hydrogen (secondary N) is 2. The van der Waals surface area contributed by atoms with E-state index in [1.807, 2.05) is 24.3 Å². The van der Waals surface area contributed by atoms with Crippen molar-refractivity contribution in [2.45, 2.75) is 50.5 Å². The fraction of sp³-hybridized carbons (Fsp3) is 0.444. The Balaban J connectivity index is 1.19. The molecule has 0 unspecified atom stereocenters. The van der Waals surface area contributed by atoms with Gasteiger partial charge in [0.2, 0.25) is 0 Å². The molecule has 0 aromatic heterocycles. The van der Waals surface area contributed by atoms with E-state index in [2.05, 4.69) is 15.8 Å². The summed E-state index contributed by atoms with van der Waals surface area (Å²) < 4.78 is 32.0. The highest BCUT2D eigenvalue weighted by molar-refractivity contribution is 5.89. The fourth-order valence-corrected chi connectivity index (χ4v) is 4.54. The molecule has 2 N–H and O–H groups in total. The third-order valence-electron chi connectivity index (χ3n) is 6.63. The topological polar surface area (TPSA) is 92.3 Å². The molecule has 1 aliphatic heterocycles. The number of amides is 3. The summed E-state index contributed by atoms with van der Waals surface area (Å²) in [7, 11) is 0. The van der Waals surface area contributed by atoms with E-state index in [-0.39, 0.29) is 30.3 Å². The molecule has 1 heterocycles. The maximum Gasteiger partial charge on any atom is 0.415 e. The highest BCUT2D eigenvalue weighted by atomic mass is 19.1. The summed E-state index contributed by atoms with van der Waals surface area (Å²) in [6.45, 7) is 0.301. The van der Waals surface area contributed by atoms with Gasteiger partial charge in [-0.05, 0) is 61.4 Å². The van der Waals surface area contributed by atoms with Gasteiger partial charge in [0.1, 0.15) is 24.3 Å². The molecule has 37 heavy (non-hydrogen) atoms. The van der Waals surface area contributed by atoms with Crippen LogP contribution in [0.3, 0.4) is 0 Å². The van der Waals surface area contributed by atoms with Crippen molar-refractivity contribution in [3.05, 3.63) is 59.9 Å². The molecule has 0 bridgehead atoms. The van der Waals surface area contributed by atoms with E-state index < -0.39 is 18.5 Å². The zero-order chi connectivity index (χ0) is 26.0. The Morgan fingerprint density at radius 1 is 1.03 bits per heavy atom. The van der Waals surface area contributed by atoms with Crippen molar-refractivity contribution < 1.29 is 27.9 Å². The number of likely N-dealkylation sites (tertiary alicyclic amines) is 1. The first-order valence-corrected chi connectivity index (χ1v) is 12.7. The number of alkyl halides is 1. The molecule has 198 valence electrons. The van der Waals surface area contributed by atoms with E-state index in [1.54, 1.807) is 17.0 Å². The largest absolute Gasteiger partial charge is 0.415 e. The molecule has 2 aromatic rings. The van der Waals surface area contributed by atoms with Crippen molar-refractivity contribution >= 4 is 23.5 Å². The minimum atomic E-state index is -0.683. The predicted octanol–water partition coefficient (Wildman–Crippen LogP) is 5.61. The summed E-state index contributed by atoms with van der Waals surface area (Å²) >= 11 is 0. The first-order chi connectivity index (χ1) is 18.0. The van der Waals surface area contributed by atoms with Crippen LogP contribution in [0.25, 0.3) is 0 Å². The SMILES string of the molecule is O=C(NCCF)Nc1ccc(C2CCC(=NOC3CCN(C(=O)Oc4ccccc4)CC3)CC2)cc1F. The van der Waals surface area contributed by atoms with Crippen molar-refractivity contribution in [1.29, 1.82) is 0 Å². The number of hydrogen-bond donors (Lipinski definition) is 2. The summed E-state index contributed by atoms with van der Waals surface area (Å²) in [5.41, 5.74) is 1.93. The Morgan fingerprint density at radius 3 is 2.43 bits per heavy atom. The predicted molar refractivity (Wildman–Crippen MR) is 136 cm³/mol. The zero-order valence-corrected chi connectivity index (χ0v) is 20.6. The Morgan fingerprint density at radius 2 is 1.76 bits per heavy atom. The van der Waals surface area contributed by atoms with Crippen LogP contribution in [0.1, 0.15) is 50.0 Å². The Labute approximate surface area is 215 Å². The van der Waals surface area contributed by atoms with Gasteiger partial charge in [0.05, 0.1) is 11.4 Å². The molecule has 1 aliphatic carbocycles.